The van der Waals surface area contributed by atoms with Crippen molar-refractivity contribution in [3.8, 4) is 0 Å². The first-order valence-corrected chi connectivity index (χ1v) is 8.10. The Morgan fingerprint density at radius 1 is 1.30 bits per heavy atom. The lowest BCUT2D eigenvalue weighted by Crippen LogP contribution is -2.04. The molecule has 0 spiro atoms. The quantitative estimate of drug-likeness (QED) is 0.757. The van der Waals surface area contributed by atoms with E-state index in [1.165, 1.54) is 4.88 Å². The van der Waals surface area contributed by atoms with Crippen molar-refractivity contribution in [2.75, 3.05) is 17.7 Å². The third-order valence-electron chi connectivity index (χ3n) is 2.91. The number of thiophene rings is 1. The number of rotatable bonds is 5. The summed E-state index contributed by atoms with van der Waals surface area (Å²) < 4.78 is 0. The van der Waals surface area contributed by atoms with E-state index in [1.54, 1.807) is 22.7 Å². The Balaban J connectivity index is 1.96. The maximum atomic E-state index is 4.52. The first-order valence-electron chi connectivity index (χ1n) is 6.40. The highest BCUT2D eigenvalue weighted by atomic mass is 32.1. The molecular formula is C13H15N5S2. The van der Waals surface area contributed by atoms with Gasteiger partial charge in [0.05, 0.1) is 11.9 Å². The first kappa shape index (κ1) is 13.3. The van der Waals surface area contributed by atoms with Gasteiger partial charge in [-0.05, 0) is 12.5 Å². The van der Waals surface area contributed by atoms with Crippen LogP contribution in [0.15, 0.2) is 17.6 Å². The van der Waals surface area contributed by atoms with E-state index in [-0.39, 0.29) is 0 Å². The number of hydrogen-bond donors (Lipinski definition) is 2. The molecule has 0 unspecified atom stereocenters. The molecule has 0 aliphatic carbocycles. The predicted molar refractivity (Wildman–Crippen MR) is 85.8 cm³/mol. The van der Waals surface area contributed by atoms with E-state index in [0.29, 0.717) is 12.5 Å². The lowest BCUT2D eigenvalue weighted by atomic mass is 10.3. The average molecular weight is 305 g/mol. The predicted octanol–water partition coefficient (Wildman–Crippen LogP) is 3.36. The zero-order chi connectivity index (χ0) is 13.9. The minimum absolute atomic E-state index is 0.642. The Kier molecular flexibility index (Phi) is 3.79. The normalized spacial score (nSPS) is 10.9. The molecule has 0 saturated carbocycles. The van der Waals surface area contributed by atoms with E-state index in [9.17, 15) is 0 Å². The molecule has 3 aromatic rings. The number of aromatic nitrogens is 3. The Bertz CT molecular complexity index is 705. The number of anilines is 2. The second kappa shape index (κ2) is 5.72. The molecule has 0 atom stereocenters. The lowest BCUT2D eigenvalue weighted by Gasteiger charge is -2.07. The molecule has 20 heavy (non-hydrogen) atoms. The standard InChI is InChI=1S/C13H15N5S2/c1-3-8-6-9-11(16-7-10-15-4-5-19-10)17-13(14-2)18-12(9)20-8/h4-6H,3,7H2,1-2H3,(H2,14,16,17,18). The second-order valence-electron chi connectivity index (χ2n) is 4.21. The molecule has 0 bridgehead atoms. The van der Waals surface area contributed by atoms with Crippen molar-refractivity contribution >= 4 is 44.7 Å². The van der Waals surface area contributed by atoms with Crippen LogP contribution >= 0.6 is 22.7 Å². The Morgan fingerprint density at radius 3 is 2.90 bits per heavy atom. The van der Waals surface area contributed by atoms with Crippen molar-refractivity contribution in [1.82, 2.24) is 15.0 Å². The van der Waals surface area contributed by atoms with Gasteiger partial charge in [0.2, 0.25) is 5.95 Å². The molecule has 0 radical (unpaired) electrons. The van der Waals surface area contributed by atoms with Gasteiger partial charge in [0, 0.05) is 23.5 Å². The SMILES string of the molecule is CCc1cc2c(NCc3nccs3)nc(NC)nc2s1. The van der Waals surface area contributed by atoms with E-state index in [4.69, 9.17) is 0 Å². The summed E-state index contributed by atoms with van der Waals surface area (Å²) in [5.41, 5.74) is 0. The fourth-order valence-corrected chi connectivity index (χ4v) is 3.41. The van der Waals surface area contributed by atoms with Gasteiger partial charge in [-0.1, -0.05) is 6.92 Å². The van der Waals surface area contributed by atoms with Gasteiger partial charge in [-0.25, -0.2) is 9.97 Å². The van der Waals surface area contributed by atoms with Gasteiger partial charge in [0.15, 0.2) is 0 Å². The maximum absolute atomic E-state index is 4.52. The zero-order valence-electron chi connectivity index (χ0n) is 11.3. The van der Waals surface area contributed by atoms with Crippen LogP contribution in [0.2, 0.25) is 0 Å². The summed E-state index contributed by atoms with van der Waals surface area (Å²) in [7, 11) is 1.83. The van der Waals surface area contributed by atoms with Gasteiger partial charge in [0.1, 0.15) is 15.7 Å². The van der Waals surface area contributed by atoms with Gasteiger partial charge in [-0.2, -0.15) is 4.98 Å². The van der Waals surface area contributed by atoms with Crippen molar-refractivity contribution in [2.45, 2.75) is 19.9 Å². The van der Waals surface area contributed by atoms with Crippen molar-refractivity contribution in [1.29, 1.82) is 0 Å². The molecule has 0 aliphatic rings. The van der Waals surface area contributed by atoms with Crippen LogP contribution in [0.3, 0.4) is 0 Å². The third kappa shape index (κ3) is 2.59. The van der Waals surface area contributed by atoms with E-state index < -0.39 is 0 Å². The van der Waals surface area contributed by atoms with Crippen LogP contribution in [0.5, 0.6) is 0 Å². The minimum atomic E-state index is 0.642. The topological polar surface area (TPSA) is 62.7 Å². The molecule has 5 nitrogen and oxygen atoms in total. The monoisotopic (exact) mass is 305 g/mol. The molecule has 0 aromatic carbocycles. The number of nitrogens with zero attached hydrogens (tertiary/aromatic N) is 3. The Hall–Kier alpha value is -1.73. The summed E-state index contributed by atoms with van der Waals surface area (Å²) in [6.07, 6.45) is 2.83. The molecule has 104 valence electrons. The fraction of sp³-hybridized carbons (Fsp3) is 0.308. The van der Waals surface area contributed by atoms with Crippen molar-refractivity contribution < 1.29 is 0 Å². The van der Waals surface area contributed by atoms with Crippen LogP contribution in [0.4, 0.5) is 11.8 Å². The number of fused-ring (bicyclic) bond motifs is 1. The number of nitrogens with one attached hydrogen (secondary N) is 2. The van der Waals surface area contributed by atoms with Crippen LogP contribution in [0.1, 0.15) is 16.8 Å². The highest BCUT2D eigenvalue weighted by Crippen LogP contribution is 2.30. The molecule has 0 fully saturated rings. The highest BCUT2D eigenvalue weighted by molar-refractivity contribution is 7.18. The third-order valence-corrected chi connectivity index (χ3v) is 4.86. The largest absolute Gasteiger partial charge is 0.363 e. The summed E-state index contributed by atoms with van der Waals surface area (Å²) in [4.78, 5) is 15.6. The summed E-state index contributed by atoms with van der Waals surface area (Å²) >= 11 is 3.36. The molecule has 2 N–H and O–H groups in total. The van der Waals surface area contributed by atoms with Crippen LogP contribution in [-0.2, 0) is 13.0 Å². The van der Waals surface area contributed by atoms with Gasteiger partial charge >= 0.3 is 0 Å². The van der Waals surface area contributed by atoms with Gasteiger partial charge in [-0.3, -0.25) is 0 Å². The van der Waals surface area contributed by atoms with Gasteiger partial charge in [0.25, 0.3) is 0 Å². The molecule has 3 rings (SSSR count). The zero-order valence-corrected chi connectivity index (χ0v) is 12.9. The van der Waals surface area contributed by atoms with E-state index in [0.717, 1.165) is 27.5 Å². The highest BCUT2D eigenvalue weighted by Gasteiger charge is 2.11. The van der Waals surface area contributed by atoms with Gasteiger partial charge < -0.3 is 10.6 Å². The van der Waals surface area contributed by atoms with Crippen LogP contribution < -0.4 is 10.6 Å². The van der Waals surface area contributed by atoms with Crippen LogP contribution in [-0.4, -0.2) is 22.0 Å². The molecule has 7 heteroatoms. The van der Waals surface area contributed by atoms with Crippen molar-refractivity contribution in [2.24, 2.45) is 0 Å². The minimum Gasteiger partial charge on any atom is -0.363 e. The van der Waals surface area contributed by atoms with Crippen molar-refractivity contribution in [3.63, 3.8) is 0 Å². The summed E-state index contributed by atoms with van der Waals surface area (Å²) in [6.45, 7) is 2.84. The van der Waals surface area contributed by atoms with E-state index in [1.807, 2.05) is 18.6 Å². The molecular weight excluding hydrogens is 290 g/mol. The Labute approximate surface area is 125 Å². The summed E-state index contributed by atoms with van der Waals surface area (Å²) in [6, 6.07) is 2.17. The lowest BCUT2D eigenvalue weighted by molar-refractivity contribution is 1.07. The van der Waals surface area contributed by atoms with E-state index >= 15 is 0 Å². The van der Waals surface area contributed by atoms with Crippen LogP contribution in [0, 0.1) is 0 Å². The molecule has 3 aromatic heterocycles. The summed E-state index contributed by atoms with van der Waals surface area (Å²) in [5.74, 6) is 1.51. The Morgan fingerprint density at radius 2 is 2.20 bits per heavy atom. The molecule has 0 aliphatic heterocycles. The number of hydrogen-bond acceptors (Lipinski definition) is 7. The first-order chi connectivity index (χ1) is 9.80. The fourth-order valence-electron chi connectivity index (χ4n) is 1.89. The summed E-state index contributed by atoms with van der Waals surface area (Å²) in [5, 5.41) is 10.5. The van der Waals surface area contributed by atoms with Crippen molar-refractivity contribution in [3.05, 3.63) is 27.5 Å². The van der Waals surface area contributed by atoms with E-state index in [2.05, 4.69) is 38.6 Å². The number of thiazole rings is 1. The molecule has 3 heterocycles. The number of aryl methyl sites for hydroxylation is 1. The average Bonchev–Trinajstić information content (AvgIpc) is 3.12. The second-order valence-corrected chi connectivity index (χ2v) is 6.30. The van der Waals surface area contributed by atoms with Gasteiger partial charge in [-0.15, -0.1) is 22.7 Å². The maximum Gasteiger partial charge on any atom is 0.225 e. The van der Waals surface area contributed by atoms with Crippen LogP contribution in [0.25, 0.3) is 10.2 Å². The molecule has 0 amide bonds. The molecule has 0 saturated heterocycles. The smallest absolute Gasteiger partial charge is 0.225 e.